The number of rotatable bonds is 6. The van der Waals surface area contributed by atoms with Crippen LogP contribution in [0.2, 0.25) is 0 Å². The summed E-state index contributed by atoms with van der Waals surface area (Å²) >= 11 is 0. The van der Waals surface area contributed by atoms with Crippen LogP contribution in [-0.4, -0.2) is 42.7 Å². The first-order chi connectivity index (χ1) is 17.0. The van der Waals surface area contributed by atoms with Crippen molar-refractivity contribution in [3.05, 3.63) is 82.1 Å². The molecule has 1 aromatic carbocycles. The molecule has 0 radical (unpaired) electrons. The highest BCUT2D eigenvalue weighted by molar-refractivity contribution is 5.94. The molecule has 0 atom stereocenters. The van der Waals surface area contributed by atoms with E-state index in [2.05, 4.69) is 10.2 Å². The third kappa shape index (κ3) is 3.88. The minimum Gasteiger partial charge on any atom is -0.379 e. The Labute approximate surface area is 199 Å². The number of fused-ring (bicyclic) bond motifs is 1. The quantitative estimate of drug-likeness (QED) is 0.293. The van der Waals surface area contributed by atoms with Crippen molar-refractivity contribution in [1.29, 1.82) is 0 Å². The first-order valence-electron chi connectivity index (χ1n) is 10.7. The van der Waals surface area contributed by atoms with Crippen LogP contribution in [0, 0.1) is 0 Å². The van der Waals surface area contributed by atoms with Crippen molar-refractivity contribution in [1.82, 2.24) is 23.7 Å². The Hall–Kier alpha value is -3.87. The number of imidazole rings is 1. The number of carbonyl (C=O) groups is 1. The van der Waals surface area contributed by atoms with Gasteiger partial charge in [-0.3, -0.25) is 18.3 Å². The number of alkyl halides is 5. The fourth-order valence-corrected chi connectivity index (χ4v) is 4.36. The summed E-state index contributed by atoms with van der Waals surface area (Å²) in [5.74, 6) is -0.565. The van der Waals surface area contributed by atoms with E-state index in [9.17, 15) is 31.5 Å². The number of ketones is 1. The van der Waals surface area contributed by atoms with Gasteiger partial charge < -0.3 is 4.74 Å². The molecule has 0 amide bonds. The van der Waals surface area contributed by atoms with Gasteiger partial charge in [-0.05, 0) is 30.7 Å². The predicted molar refractivity (Wildman–Crippen MR) is 115 cm³/mol. The maximum absolute atomic E-state index is 13.7. The first-order valence-corrected chi connectivity index (χ1v) is 10.7. The van der Waals surface area contributed by atoms with E-state index < -0.39 is 40.7 Å². The van der Waals surface area contributed by atoms with Gasteiger partial charge in [0.2, 0.25) is 0 Å². The average molecular weight is 507 g/mol. The zero-order valence-corrected chi connectivity index (χ0v) is 18.7. The topological polar surface area (TPSA) is 83.4 Å². The highest BCUT2D eigenvalue weighted by atomic mass is 19.4. The van der Waals surface area contributed by atoms with E-state index in [1.54, 1.807) is 24.3 Å². The number of nitrogens with zero attached hydrogens (tertiary/aromatic N) is 5. The standard InChI is InChI=1S/C23H18F5N5O3/c1-13(34)14-5-17(23(26,27)28)18-9-31(21(35)32(18)8-14)16-4-2-3-15(6-16)22(10-36-11-22)7-19-30-29-12-33(19)20(24)25/h2-6,8-9,12,20H,7,10-11H2,1H3. The summed E-state index contributed by atoms with van der Waals surface area (Å²) in [5, 5.41) is 7.35. The van der Waals surface area contributed by atoms with Crippen molar-refractivity contribution in [3.8, 4) is 5.69 Å². The lowest BCUT2D eigenvalue weighted by Crippen LogP contribution is -2.49. The number of Topliss-reactive ketones (excluding diaryl/α,β-unsaturated/α-hetero) is 1. The van der Waals surface area contributed by atoms with Gasteiger partial charge in [0.05, 0.1) is 30.0 Å². The molecule has 188 valence electrons. The lowest BCUT2D eigenvalue weighted by molar-refractivity contribution is -0.136. The zero-order chi connectivity index (χ0) is 25.8. The van der Waals surface area contributed by atoms with Crippen molar-refractivity contribution in [2.45, 2.75) is 31.5 Å². The number of hydrogen-bond donors (Lipinski definition) is 0. The van der Waals surface area contributed by atoms with E-state index in [1.807, 2.05) is 0 Å². The Morgan fingerprint density at radius 2 is 1.94 bits per heavy atom. The number of pyridine rings is 1. The summed E-state index contributed by atoms with van der Waals surface area (Å²) in [6.07, 6.45) is -1.65. The van der Waals surface area contributed by atoms with Crippen LogP contribution in [0.3, 0.4) is 0 Å². The zero-order valence-electron chi connectivity index (χ0n) is 18.7. The number of aromatic nitrogens is 5. The molecular formula is C23H18F5N5O3. The molecule has 1 saturated heterocycles. The fraction of sp³-hybridized carbons (Fsp3) is 0.304. The predicted octanol–water partition coefficient (Wildman–Crippen LogP) is 3.81. The third-order valence-electron chi connectivity index (χ3n) is 6.33. The Balaban J connectivity index is 1.61. The third-order valence-corrected chi connectivity index (χ3v) is 6.33. The van der Waals surface area contributed by atoms with Crippen molar-refractivity contribution >= 4 is 11.3 Å². The molecule has 4 aromatic rings. The maximum atomic E-state index is 13.7. The van der Waals surface area contributed by atoms with Crippen molar-refractivity contribution < 1.29 is 31.5 Å². The summed E-state index contributed by atoms with van der Waals surface area (Å²) in [6, 6.07) is 7.20. The van der Waals surface area contributed by atoms with Crippen LogP contribution in [0.25, 0.3) is 11.2 Å². The second-order valence-corrected chi connectivity index (χ2v) is 8.67. The summed E-state index contributed by atoms with van der Waals surface area (Å²) in [6.45, 7) is -1.32. The molecule has 1 fully saturated rings. The molecule has 0 saturated carbocycles. The monoisotopic (exact) mass is 507 g/mol. The molecule has 0 aliphatic carbocycles. The van der Waals surface area contributed by atoms with Crippen molar-refractivity contribution in [2.75, 3.05) is 13.2 Å². The molecule has 0 unspecified atom stereocenters. The van der Waals surface area contributed by atoms with E-state index >= 15 is 0 Å². The van der Waals surface area contributed by atoms with Gasteiger partial charge in [0, 0.05) is 29.8 Å². The fourth-order valence-electron chi connectivity index (χ4n) is 4.36. The molecule has 0 bridgehead atoms. The SMILES string of the molecule is CC(=O)c1cc(C(F)(F)F)c2cn(-c3cccc(C4(Cc5nncn5C(F)F)COC4)c3)c(=O)n2c1. The molecule has 0 spiro atoms. The van der Waals surface area contributed by atoms with Crippen LogP contribution >= 0.6 is 0 Å². The second kappa shape index (κ2) is 8.36. The lowest BCUT2D eigenvalue weighted by Gasteiger charge is -2.42. The average Bonchev–Trinajstić information content (AvgIpc) is 3.39. The van der Waals surface area contributed by atoms with Crippen molar-refractivity contribution in [3.63, 3.8) is 0 Å². The smallest absolute Gasteiger partial charge is 0.379 e. The van der Waals surface area contributed by atoms with Gasteiger partial charge in [0.1, 0.15) is 12.2 Å². The van der Waals surface area contributed by atoms with Gasteiger partial charge in [-0.2, -0.15) is 22.0 Å². The number of halogens is 5. The summed E-state index contributed by atoms with van der Waals surface area (Å²) in [4.78, 5) is 24.9. The van der Waals surface area contributed by atoms with Crippen LogP contribution in [0.1, 0.15) is 40.8 Å². The summed E-state index contributed by atoms with van der Waals surface area (Å²) in [5.41, 5.74) is -2.41. The number of ether oxygens (including phenoxy) is 1. The summed E-state index contributed by atoms with van der Waals surface area (Å²) < 4.78 is 75.7. The van der Waals surface area contributed by atoms with Crippen LogP contribution in [0.5, 0.6) is 0 Å². The maximum Gasteiger partial charge on any atom is 0.418 e. The van der Waals surface area contributed by atoms with Crippen LogP contribution in [-0.2, 0) is 22.7 Å². The normalized spacial score (nSPS) is 15.4. The molecule has 1 aliphatic rings. The lowest BCUT2D eigenvalue weighted by atomic mass is 9.75. The van der Waals surface area contributed by atoms with E-state index in [-0.39, 0.29) is 36.7 Å². The van der Waals surface area contributed by atoms with Crippen LogP contribution in [0.15, 0.2) is 53.8 Å². The largest absolute Gasteiger partial charge is 0.418 e. The van der Waals surface area contributed by atoms with Crippen LogP contribution < -0.4 is 5.69 Å². The Bertz CT molecular complexity index is 1530. The van der Waals surface area contributed by atoms with Gasteiger partial charge in [-0.25, -0.2) is 4.79 Å². The second-order valence-electron chi connectivity index (χ2n) is 8.67. The highest BCUT2D eigenvalue weighted by Crippen LogP contribution is 2.37. The van der Waals surface area contributed by atoms with Gasteiger partial charge >= 0.3 is 18.4 Å². The van der Waals surface area contributed by atoms with E-state index in [0.29, 0.717) is 10.1 Å². The molecule has 1 aliphatic heterocycles. The Morgan fingerprint density at radius 3 is 2.56 bits per heavy atom. The van der Waals surface area contributed by atoms with Crippen LogP contribution in [0.4, 0.5) is 22.0 Å². The minimum atomic E-state index is -4.80. The van der Waals surface area contributed by atoms with Gasteiger partial charge in [0.15, 0.2) is 5.78 Å². The van der Waals surface area contributed by atoms with Gasteiger partial charge in [0.25, 0.3) is 0 Å². The molecule has 13 heteroatoms. The van der Waals surface area contributed by atoms with E-state index in [0.717, 1.165) is 40.7 Å². The number of carbonyl (C=O) groups excluding carboxylic acids is 1. The molecule has 5 rings (SSSR count). The van der Waals surface area contributed by atoms with Gasteiger partial charge in [-0.1, -0.05) is 12.1 Å². The first kappa shape index (κ1) is 23.9. The molecule has 3 aromatic heterocycles. The summed E-state index contributed by atoms with van der Waals surface area (Å²) in [7, 11) is 0. The van der Waals surface area contributed by atoms with E-state index in [1.165, 1.54) is 0 Å². The van der Waals surface area contributed by atoms with Gasteiger partial charge in [-0.15, -0.1) is 10.2 Å². The molecular weight excluding hydrogens is 489 g/mol. The number of hydrogen-bond acceptors (Lipinski definition) is 5. The van der Waals surface area contributed by atoms with Crippen molar-refractivity contribution in [2.24, 2.45) is 0 Å². The van der Waals surface area contributed by atoms with E-state index in [4.69, 9.17) is 4.74 Å². The molecule has 36 heavy (non-hydrogen) atoms. The molecule has 8 nitrogen and oxygen atoms in total. The Kier molecular flexibility index (Phi) is 5.54. The molecule has 0 N–H and O–H groups in total. The number of benzene rings is 1. The molecule has 4 heterocycles. The minimum absolute atomic E-state index is 0.0528. The highest BCUT2D eigenvalue weighted by Gasteiger charge is 2.42. The Morgan fingerprint density at radius 1 is 1.19 bits per heavy atom.